The minimum atomic E-state index is 0.510. The third-order valence-corrected chi connectivity index (χ3v) is 4.10. The highest BCUT2D eigenvalue weighted by atomic mass is 16.5. The molecule has 20 heavy (non-hydrogen) atoms. The van der Waals surface area contributed by atoms with Crippen molar-refractivity contribution in [3.63, 3.8) is 0 Å². The molecule has 4 nitrogen and oxygen atoms in total. The summed E-state index contributed by atoms with van der Waals surface area (Å²) in [5.74, 6) is 0. The van der Waals surface area contributed by atoms with Gasteiger partial charge in [-0.1, -0.05) is 27.7 Å². The molecule has 1 N–H and O–H groups in total. The minimum absolute atomic E-state index is 0.510. The van der Waals surface area contributed by atoms with Gasteiger partial charge in [-0.15, -0.1) is 0 Å². The maximum atomic E-state index is 5.48. The largest absolute Gasteiger partial charge is 0.381 e. The van der Waals surface area contributed by atoms with Gasteiger partial charge < -0.3 is 10.1 Å². The molecule has 0 saturated carbocycles. The van der Waals surface area contributed by atoms with Crippen LogP contribution in [0.15, 0.2) is 0 Å². The molecule has 0 aromatic carbocycles. The molecule has 2 heterocycles. The minimum Gasteiger partial charge on any atom is -0.381 e. The number of aromatic nitrogens is 2. The molecule has 0 radical (unpaired) electrons. The highest BCUT2D eigenvalue weighted by Gasteiger charge is 2.23. The van der Waals surface area contributed by atoms with Gasteiger partial charge in [-0.25, -0.2) is 0 Å². The summed E-state index contributed by atoms with van der Waals surface area (Å²) in [6.07, 6.45) is 4.25. The molecule has 4 heteroatoms. The lowest BCUT2D eigenvalue weighted by Crippen LogP contribution is -2.24. The Morgan fingerprint density at radius 3 is 2.50 bits per heavy atom. The standard InChI is InChI=1S/C16H29N3O/c1-5-15-14(11-17-12(3)4)16(6-2)19(18-15)13-7-9-20-10-8-13/h12-13,17H,5-11H2,1-4H3. The van der Waals surface area contributed by atoms with Crippen molar-refractivity contribution in [2.75, 3.05) is 13.2 Å². The average molecular weight is 279 g/mol. The number of hydrogen-bond acceptors (Lipinski definition) is 3. The number of aryl methyl sites for hydroxylation is 1. The summed E-state index contributed by atoms with van der Waals surface area (Å²) < 4.78 is 7.79. The first-order chi connectivity index (χ1) is 9.67. The summed E-state index contributed by atoms with van der Waals surface area (Å²) in [5, 5.41) is 8.47. The van der Waals surface area contributed by atoms with E-state index in [1.165, 1.54) is 17.0 Å². The average Bonchev–Trinajstić information content (AvgIpc) is 2.83. The Labute approximate surface area is 122 Å². The van der Waals surface area contributed by atoms with Crippen molar-refractivity contribution in [1.82, 2.24) is 15.1 Å². The van der Waals surface area contributed by atoms with Gasteiger partial charge in [-0.2, -0.15) is 5.10 Å². The van der Waals surface area contributed by atoms with Gasteiger partial charge in [0.25, 0.3) is 0 Å². The van der Waals surface area contributed by atoms with Crippen molar-refractivity contribution in [3.05, 3.63) is 17.0 Å². The Bertz CT molecular complexity index is 420. The van der Waals surface area contributed by atoms with Gasteiger partial charge in [0.15, 0.2) is 0 Å². The Balaban J connectivity index is 2.26. The molecule has 1 fully saturated rings. The van der Waals surface area contributed by atoms with Crippen LogP contribution >= 0.6 is 0 Å². The van der Waals surface area contributed by atoms with Crippen molar-refractivity contribution in [2.45, 2.75) is 72.0 Å². The summed E-state index contributed by atoms with van der Waals surface area (Å²) in [4.78, 5) is 0. The molecule has 0 aliphatic carbocycles. The molecular formula is C16H29N3O. The third-order valence-electron chi connectivity index (χ3n) is 4.10. The Kier molecular flexibility index (Phi) is 5.61. The Morgan fingerprint density at radius 1 is 1.25 bits per heavy atom. The highest BCUT2D eigenvalue weighted by molar-refractivity contribution is 5.27. The number of rotatable bonds is 6. The molecule has 1 aliphatic heterocycles. The zero-order valence-electron chi connectivity index (χ0n) is 13.4. The van der Waals surface area contributed by atoms with Crippen LogP contribution in [0.5, 0.6) is 0 Å². The molecule has 1 aliphatic rings. The maximum Gasteiger partial charge on any atom is 0.0669 e. The van der Waals surface area contributed by atoms with Crippen molar-refractivity contribution in [2.24, 2.45) is 0 Å². The van der Waals surface area contributed by atoms with E-state index in [4.69, 9.17) is 9.84 Å². The highest BCUT2D eigenvalue weighted by Crippen LogP contribution is 2.26. The molecule has 0 bridgehead atoms. The normalized spacial score (nSPS) is 17.1. The fourth-order valence-corrected chi connectivity index (χ4v) is 2.96. The topological polar surface area (TPSA) is 39.1 Å². The maximum absolute atomic E-state index is 5.48. The van der Waals surface area contributed by atoms with Gasteiger partial charge in [0.2, 0.25) is 0 Å². The molecule has 1 aromatic heterocycles. The van der Waals surface area contributed by atoms with Crippen molar-refractivity contribution in [3.8, 4) is 0 Å². The van der Waals surface area contributed by atoms with E-state index < -0.39 is 0 Å². The second-order valence-corrected chi connectivity index (χ2v) is 5.90. The molecule has 0 atom stereocenters. The van der Waals surface area contributed by atoms with Crippen LogP contribution in [-0.4, -0.2) is 29.0 Å². The van der Waals surface area contributed by atoms with Crippen LogP contribution < -0.4 is 5.32 Å². The van der Waals surface area contributed by atoms with Crippen LogP contribution in [0.3, 0.4) is 0 Å². The molecule has 0 unspecified atom stereocenters. The summed E-state index contributed by atoms with van der Waals surface area (Å²) >= 11 is 0. The molecular weight excluding hydrogens is 250 g/mol. The van der Waals surface area contributed by atoms with Crippen LogP contribution in [-0.2, 0) is 24.1 Å². The summed E-state index contributed by atoms with van der Waals surface area (Å²) in [6.45, 7) is 11.5. The van der Waals surface area contributed by atoms with Crippen molar-refractivity contribution in [1.29, 1.82) is 0 Å². The van der Waals surface area contributed by atoms with Crippen LogP contribution in [0.1, 0.15) is 63.5 Å². The second-order valence-electron chi connectivity index (χ2n) is 5.90. The van der Waals surface area contributed by atoms with E-state index in [-0.39, 0.29) is 0 Å². The number of ether oxygens (including phenoxy) is 1. The number of nitrogens with one attached hydrogen (secondary N) is 1. The van der Waals surface area contributed by atoms with E-state index >= 15 is 0 Å². The predicted molar refractivity (Wildman–Crippen MR) is 82.0 cm³/mol. The van der Waals surface area contributed by atoms with Crippen LogP contribution in [0.25, 0.3) is 0 Å². The lowest BCUT2D eigenvalue weighted by Gasteiger charge is -2.24. The summed E-state index contributed by atoms with van der Waals surface area (Å²) in [7, 11) is 0. The Hall–Kier alpha value is -0.870. The van der Waals surface area contributed by atoms with Crippen molar-refractivity contribution >= 4 is 0 Å². The van der Waals surface area contributed by atoms with Crippen molar-refractivity contribution < 1.29 is 4.74 Å². The van der Waals surface area contributed by atoms with Gasteiger partial charge in [0, 0.05) is 37.1 Å². The SMILES string of the molecule is CCc1nn(C2CCOCC2)c(CC)c1CNC(C)C. The molecule has 2 rings (SSSR count). The fraction of sp³-hybridized carbons (Fsp3) is 0.812. The van der Waals surface area contributed by atoms with Gasteiger partial charge in [-0.3, -0.25) is 4.68 Å². The van der Waals surface area contributed by atoms with E-state index in [0.29, 0.717) is 12.1 Å². The van der Waals surface area contributed by atoms with Crippen LogP contribution in [0.4, 0.5) is 0 Å². The van der Waals surface area contributed by atoms with Crippen LogP contribution in [0, 0.1) is 0 Å². The quantitative estimate of drug-likeness (QED) is 0.870. The van der Waals surface area contributed by atoms with E-state index in [1.54, 1.807) is 0 Å². The lowest BCUT2D eigenvalue weighted by atomic mass is 10.1. The lowest BCUT2D eigenvalue weighted by molar-refractivity contribution is 0.0653. The van der Waals surface area contributed by atoms with Crippen LogP contribution in [0.2, 0.25) is 0 Å². The zero-order chi connectivity index (χ0) is 14.5. The first-order valence-electron chi connectivity index (χ1n) is 8.07. The number of nitrogens with zero attached hydrogens (tertiary/aromatic N) is 2. The molecule has 0 amide bonds. The third kappa shape index (κ3) is 3.41. The smallest absolute Gasteiger partial charge is 0.0669 e. The van der Waals surface area contributed by atoms with E-state index in [1.807, 2.05) is 0 Å². The first-order valence-corrected chi connectivity index (χ1v) is 8.07. The summed E-state index contributed by atoms with van der Waals surface area (Å²) in [5.41, 5.74) is 4.11. The Morgan fingerprint density at radius 2 is 1.95 bits per heavy atom. The second kappa shape index (κ2) is 7.23. The number of hydrogen-bond donors (Lipinski definition) is 1. The molecule has 114 valence electrons. The van der Waals surface area contributed by atoms with Gasteiger partial charge in [0.1, 0.15) is 0 Å². The first kappa shape index (κ1) is 15.5. The van der Waals surface area contributed by atoms with E-state index in [2.05, 4.69) is 37.7 Å². The van der Waals surface area contributed by atoms with E-state index in [9.17, 15) is 0 Å². The summed E-state index contributed by atoms with van der Waals surface area (Å²) in [6, 6.07) is 1.03. The van der Waals surface area contributed by atoms with Gasteiger partial charge in [-0.05, 0) is 25.7 Å². The molecule has 1 saturated heterocycles. The monoisotopic (exact) mass is 279 g/mol. The van der Waals surface area contributed by atoms with Gasteiger partial charge >= 0.3 is 0 Å². The van der Waals surface area contributed by atoms with E-state index in [0.717, 1.165) is 45.4 Å². The predicted octanol–water partition coefficient (Wildman–Crippen LogP) is 2.86. The van der Waals surface area contributed by atoms with Gasteiger partial charge in [0.05, 0.1) is 11.7 Å². The molecule has 0 spiro atoms. The zero-order valence-corrected chi connectivity index (χ0v) is 13.4. The fourth-order valence-electron chi connectivity index (χ4n) is 2.96. The molecule has 1 aromatic rings.